The van der Waals surface area contributed by atoms with E-state index in [4.69, 9.17) is 11.6 Å². The van der Waals surface area contributed by atoms with Crippen LogP contribution < -0.4 is 10.2 Å². The van der Waals surface area contributed by atoms with E-state index in [1.807, 2.05) is 12.3 Å². The number of hydrogen-bond acceptors (Lipinski definition) is 9. The number of pyridine rings is 1. The molecule has 3 aromatic rings. The van der Waals surface area contributed by atoms with Crippen LogP contribution >= 0.6 is 11.6 Å². The van der Waals surface area contributed by atoms with E-state index < -0.39 is 16.4 Å². The maximum Gasteiger partial charge on any atom is 0.332 e. The molecule has 3 heterocycles. The SMILES string of the molecule is Cc1nc(NCc2cnn(Cc3ccc(Cl)nc3)c2)nc(N(C)C(C)(C)C(=O)O)c1[N+](=O)[O-]. The molecule has 3 rings (SSSR count). The van der Waals surface area contributed by atoms with Crippen molar-refractivity contribution in [2.24, 2.45) is 0 Å². The minimum atomic E-state index is -1.43. The second-order valence-corrected chi connectivity index (χ2v) is 8.26. The first-order chi connectivity index (χ1) is 15.5. The van der Waals surface area contributed by atoms with Crippen LogP contribution in [0.3, 0.4) is 0 Å². The highest BCUT2D eigenvalue weighted by Crippen LogP contribution is 2.33. The summed E-state index contributed by atoms with van der Waals surface area (Å²) in [6, 6.07) is 3.57. The van der Waals surface area contributed by atoms with Crippen molar-refractivity contribution < 1.29 is 14.8 Å². The average molecular weight is 475 g/mol. The summed E-state index contributed by atoms with van der Waals surface area (Å²) in [5, 5.41) is 28.9. The monoisotopic (exact) mass is 474 g/mol. The van der Waals surface area contributed by atoms with Crippen molar-refractivity contribution in [3.8, 4) is 0 Å². The Labute approximate surface area is 194 Å². The van der Waals surface area contributed by atoms with Crippen LogP contribution in [0.2, 0.25) is 5.15 Å². The number of nitrogens with zero attached hydrogens (tertiary/aromatic N) is 7. The average Bonchev–Trinajstić information content (AvgIpc) is 3.19. The highest BCUT2D eigenvalue weighted by atomic mass is 35.5. The van der Waals surface area contributed by atoms with E-state index in [9.17, 15) is 20.0 Å². The Morgan fingerprint density at radius 1 is 1.30 bits per heavy atom. The van der Waals surface area contributed by atoms with Crippen LogP contribution in [-0.2, 0) is 17.9 Å². The molecular weight excluding hydrogens is 452 g/mol. The molecule has 12 nitrogen and oxygen atoms in total. The van der Waals surface area contributed by atoms with Gasteiger partial charge in [0.25, 0.3) is 0 Å². The molecule has 2 N–H and O–H groups in total. The van der Waals surface area contributed by atoms with Crippen LogP contribution in [-0.4, -0.2) is 53.3 Å². The number of carboxylic acids is 1. The molecule has 0 aliphatic rings. The standard InChI is InChI=1S/C20H23ClN8O4/c1-12-16(29(32)33)17(27(4)20(2,3)18(30)31)26-19(25-12)23-8-14-9-24-28(11-14)10-13-5-6-15(21)22-7-13/h5-7,9,11H,8,10H2,1-4H3,(H,30,31)(H,23,25,26). The molecule has 0 unspecified atom stereocenters. The first kappa shape index (κ1) is 23.9. The third kappa shape index (κ3) is 5.34. The maximum atomic E-state index is 11.7. The largest absolute Gasteiger partial charge is 0.480 e. The molecule has 174 valence electrons. The smallest absolute Gasteiger partial charge is 0.332 e. The van der Waals surface area contributed by atoms with E-state index in [-0.39, 0.29) is 23.1 Å². The minimum Gasteiger partial charge on any atom is -0.480 e. The molecule has 0 saturated carbocycles. The fourth-order valence-electron chi connectivity index (χ4n) is 2.94. The Morgan fingerprint density at radius 2 is 2.03 bits per heavy atom. The lowest BCUT2D eigenvalue weighted by Gasteiger charge is -2.32. The van der Waals surface area contributed by atoms with Gasteiger partial charge in [-0.3, -0.25) is 14.8 Å². The fourth-order valence-corrected chi connectivity index (χ4v) is 3.05. The molecule has 0 aliphatic carbocycles. The Bertz CT molecular complexity index is 1180. The van der Waals surface area contributed by atoms with Gasteiger partial charge in [-0.1, -0.05) is 17.7 Å². The first-order valence-corrected chi connectivity index (χ1v) is 10.2. The zero-order valence-electron chi connectivity index (χ0n) is 18.5. The van der Waals surface area contributed by atoms with Gasteiger partial charge >= 0.3 is 11.7 Å². The van der Waals surface area contributed by atoms with Crippen LogP contribution in [0.5, 0.6) is 0 Å². The zero-order valence-corrected chi connectivity index (χ0v) is 19.2. The van der Waals surface area contributed by atoms with Gasteiger partial charge in [0.05, 0.1) is 17.7 Å². The number of hydrogen-bond donors (Lipinski definition) is 2. The maximum absolute atomic E-state index is 11.7. The topological polar surface area (TPSA) is 152 Å². The van der Waals surface area contributed by atoms with Crippen molar-refractivity contribution in [1.82, 2.24) is 24.7 Å². The molecule has 0 amide bonds. The molecule has 0 fully saturated rings. The quantitative estimate of drug-likeness (QED) is 0.269. The lowest BCUT2D eigenvalue weighted by Crippen LogP contribution is -2.48. The second-order valence-electron chi connectivity index (χ2n) is 7.87. The molecule has 3 aromatic heterocycles. The molecule has 0 aromatic carbocycles. The summed E-state index contributed by atoms with van der Waals surface area (Å²) in [4.78, 5) is 36.4. The van der Waals surface area contributed by atoms with Gasteiger partial charge in [0.15, 0.2) is 0 Å². The number of nitrogens with one attached hydrogen (secondary N) is 1. The van der Waals surface area contributed by atoms with E-state index in [1.54, 1.807) is 23.1 Å². The second kappa shape index (κ2) is 9.36. The molecular formula is C20H23ClN8O4. The molecule has 13 heteroatoms. The highest BCUT2D eigenvalue weighted by molar-refractivity contribution is 6.29. The number of aromatic nitrogens is 5. The zero-order chi connectivity index (χ0) is 24.3. The van der Waals surface area contributed by atoms with Crippen LogP contribution in [0.15, 0.2) is 30.7 Å². The summed E-state index contributed by atoms with van der Waals surface area (Å²) in [5.74, 6) is -1.10. The van der Waals surface area contributed by atoms with Gasteiger partial charge in [-0.25, -0.2) is 14.8 Å². The van der Waals surface area contributed by atoms with E-state index >= 15 is 0 Å². The molecule has 33 heavy (non-hydrogen) atoms. The Kier molecular flexibility index (Phi) is 6.77. The lowest BCUT2D eigenvalue weighted by molar-refractivity contribution is -0.385. The van der Waals surface area contributed by atoms with E-state index in [1.165, 1.54) is 32.7 Å². The Balaban J connectivity index is 1.80. The Hall–Kier alpha value is -3.80. The number of carboxylic acid groups (broad SMARTS) is 1. The van der Waals surface area contributed by atoms with Gasteiger partial charge in [0.2, 0.25) is 11.8 Å². The van der Waals surface area contributed by atoms with Crippen LogP contribution in [0.4, 0.5) is 17.5 Å². The molecule has 0 spiro atoms. The van der Waals surface area contributed by atoms with Crippen molar-refractivity contribution in [3.63, 3.8) is 0 Å². The number of anilines is 2. The molecule has 0 bridgehead atoms. The van der Waals surface area contributed by atoms with E-state index in [0.29, 0.717) is 18.2 Å². The number of nitro groups is 1. The number of halogens is 1. The van der Waals surface area contributed by atoms with Gasteiger partial charge in [-0.05, 0) is 32.4 Å². The van der Waals surface area contributed by atoms with E-state index in [2.05, 4.69) is 25.4 Å². The summed E-state index contributed by atoms with van der Waals surface area (Å²) in [7, 11) is 1.45. The van der Waals surface area contributed by atoms with Crippen LogP contribution in [0.1, 0.15) is 30.7 Å². The van der Waals surface area contributed by atoms with Gasteiger partial charge in [0.1, 0.15) is 16.4 Å². The van der Waals surface area contributed by atoms with Crippen molar-refractivity contribution in [2.75, 3.05) is 17.3 Å². The van der Waals surface area contributed by atoms with Gasteiger partial charge in [-0.2, -0.15) is 10.1 Å². The van der Waals surface area contributed by atoms with Gasteiger partial charge < -0.3 is 15.3 Å². The molecule has 0 atom stereocenters. The van der Waals surface area contributed by atoms with Gasteiger partial charge in [-0.15, -0.1) is 0 Å². The molecule has 0 radical (unpaired) electrons. The lowest BCUT2D eigenvalue weighted by atomic mass is 10.0. The van der Waals surface area contributed by atoms with Crippen molar-refractivity contribution in [2.45, 2.75) is 39.4 Å². The number of likely N-dealkylation sites (N-methyl/N-ethyl adjacent to an activating group) is 1. The number of aliphatic carboxylic acids is 1. The summed E-state index contributed by atoms with van der Waals surface area (Å²) < 4.78 is 1.73. The first-order valence-electron chi connectivity index (χ1n) is 9.85. The van der Waals surface area contributed by atoms with Gasteiger partial charge in [0, 0.05) is 31.5 Å². The van der Waals surface area contributed by atoms with Crippen LogP contribution in [0.25, 0.3) is 0 Å². The van der Waals surface area contributed by atoms with Crippen molar-refractivity contribution >= 4 is 35.0 Å². The van der Waals surface area contributed by atoms with Crippen molar-refractivity contribution in [1.29, 1.82) is 0 Å². The summed E-state index contributed by atoms with van der Waals surface area (Å²) in [6.45, 7) is 5.18. The highest BCUT2D eigenvalue weighted by Gasteiger charge is 2.37. The normalized spacial score (nSPS) is 11.3. The number of rotatable bonds is 9. The number of carbonyl (C=O) groups is 1. The molecule has 0 saturated heterocycles. The summed E-state index contributed by atoms with van der Waals surface area (Å²) in [6.07, 6.45) is 5.18. The molecule has 0 aliphatic heterocycles. The Morgan fingerprint density at radius 3 is 2.64 bits per heavy atom. The summed E-state index contributed by atoms with van der Waals surface area (Å²) in [5.41, 5.74) is 0.108. The predicted octanol–water partition coefficient (Wildman–Crippen LogP) is 2.90. The van der Waals surface area contributed by atoms with Crippen LogP contribution in [0, 0.1) is 17.0 Å². The fraction of sp³-hybridized carbons (Fsp3) is 0.350. The third-order valence-corrected chi connectivity index (χ3v) is 5.40. The predicted molar refractivity (Wildman–Crippen MR) is 121 cm³/mol. The third-order valence-electron chi connectivity index (χ3n) is 5.17. The van der Waals surface area contributed by atoms with Crippen molar-refractivity contribution in [3.05, 3.63) is 62.8 Å². The van der Waals surface area contributed by atoms with E-state index in [0.717, 1.165) is 11.1 Å². The summed E-state index contributed by atoms with van der Waals surface area (Å²) >= 11 is 5.80. The minimum absolute atomic E-state index is 0.0895. The number of aryl methyl sites for hydroxylation is 1.